The summed E-state index contributed by atoms with van der Waals surface area (Å²) < 4.78 is 104. The van der Waals surface area contributed by atoms with Crippen LogP contribution in [0.15, 0.2) is 64.5 Å². The third-order valence-electron chi connectivity index (χ3n) is 4.70. The Bertz CT molecular complexity index is 1220. The Kier molecular flexibility index (Phi) is 6.51. The maximum atomic E-state index is 13.9. The molecule has 0 aliphatic rings. The Balaban J connectivity index is 2.03. The number of nitrogens with zero attached hydrogens (tertiary/aromatic N) is 1. The summed E-state index contributed by atoms with van der Waals surface area (Å²) in [6.45, 7) is 1.88. The van der Waals surface area contributed by atoms with E-state index in [1.165, 1.54) is 12.1 Å². The van der Waals surface area contributed by atoms with E-state index in [4.69, 9.17) is 4.55 Å². The first-order valence-corrected chi connectivity index (χ1v) is 12.0. The van der Waals surface area contributed by atoms with Crippen molar-refractivity contribution in [1.29, 1.82) is 0 Å². The monoisotopic (exact) mass is 496 g/mol. The van der Waals surface area contributed by atoms with Crippen molar-refractivity contribution in [2.24, 2.45) is 7.05 Å². The van der Waals surface area contributed by atoms with Crippen LogP contribution in [0, 0.1) is 0 Å². The first-order chi connectivity index (χ1) is 14.8. The van der Waals surface area contributed by atoms with E-state index in [0.717, 1.165) is 21.9 Å². The lowest BCUT2D eigenvalue weighted by atomic mass is 10.2. The molecule has 2 atom stereocenters. The van der Waals surface area contributed by atoms with Crippen LogP contribution in [0.2, 0.25) is 0 Å². The van der Waals surface area contributed by atoms with Crippen molar-refractivity contribution in [2.45, 2.75) is 34.2 Å². The molecule has 3 rings (SSSR count). The van der Waals surface area contributed by atoms with Gasteiger partial charge in [0, 0.05) is 13.1 Å². The minimum atomic E-state index is -6.38. The third kappa shape index (κ3) is 4.57. The van der Waals surface area contributed by atoms with Gasteiger partial charge in [0.1, 0.15) is 11.5 Å². The topological polar surface area (TPSA) is 68.5 Å². The largest absolute Gasteiger partial charge is 0.473 e. The number of fused-ring (bicyclic) bond motifs is 1. The summed E-state index contributed by atoms with van der Waals surface area (Å²) in [5.74, 6) is -0.0271. The molecule has 1 aromatic heterocycles. The van der Waals surface area contributed by atoms with Gasteiger partial charge in [-0.3, -0.25) is 4.55 Å². The van der Waals surface area contributed by atoms with Crippen LogP contribution in [0.25, 0.3) is 10.9 Å². The Morgan fingerprint density at radius 1 is 1.09 bits per heavy atom. The molecule has 0 fully saturated rings. The van der Waals surface area contributed by atoms with Crippen LogP contribution < -0.4 is 4.74 Å². The molecule has 174 valence electrons. The lowest BCUT2D eigenvalue weighted by molar-refractivity contribution is -0.239. The van der Waals surface area contributed by atoms with Gasteiger partial charge in [0.2, 0.25) is 0 Å². The molecule has 0 saturated heterocycles. The number of ether oxygens (including phenoxy) is 1. The highest BCUT2D eigenvalue weighted by Gasteiger charge is 2.65. The summed E-state index contributed by atoms with van der Waals surface area (Å²) in [4.78, 5) is 1.44. The SMILES string of the molecule is CC[S+](c1cccc(OC(C(F)(F)F)C(F)(F)S(=O)(=O)O)c1)c1cn(C)c2ccccc12. The van der Waals surface area contributed by atoms with Gasteiger partial charge >= 0.3 is 21.5 Å². The Morgan fingerprint density at radius 2 is 1.75 bits per heavy atom. The van der Waals surface area contributed by atoms with Crippen molar-refractivity contribution >= 4 is 31.9 Å². The van der Waals surface area contributed by atoms with Crippen molar-refractivity contribution < 1.29 is 39.7 Å². The van der Waals surface area contributed by atoms with Crippen LogP contribution in [0.3, 0.4) is 0 Å². The number of aryl methyl sites for hydroxylation is 1. The van der Waals surface area contributed by atoms with E-state index in [9.17, 15) is 30.4 Å². The van der Waals surface area contributed by atoms with E-state index in [2.05, 4.69) is 4.74 Å². The number of hydrogen-bond acceptors (Lipinski definition) is 3. The molecule has 0 saturated carbocycles. The van der Waals surface area contributed by atoms with Crippen molar-refractivity contribution in [2.75, 3.05) is 5.75 Å². The average Bonchev–Trinajstić information content (AvgIpc) is 3.02. The predicted octanol–water partition coefficient (Wildman–Crippen LogP) is 5.02. The lowest BCUT2D eigenvalue weighted by Gasteiger charge is -2.27. The number of hydrogen-bond donors (Lipinski definition) is 1. The molecular formula is C20H19F5NO4S2+. The summed E-state index contributed by atoms with van der Waals surface area (Å²) in [5.41, 5.74) is 0.950. The molecule has 3 aromatic rings. The van der Waals surface area contributed by atoms with Crippen LogP contribution in [-0.4, -0.2) is 40.8 Å². The molecule has 0 radical (unpaired) electrons. The highest BCUT2D eigenvalue weighted by molar-refractivity contribution is 7.97. The summed E-state index contributed by atoms with van der Waals surface area (Å²) in [6.07, 6.45) is -7.95. The molecule has 12 heteroatoms. The summed E-state index contributed by atoms with van der Waals surface area (Å²) >= 11 is 0. The smallest absolute Gasteiger partial charge is 0.432 e. The second-order valence-electron chi connectivity index (χ2n) is 6.85. The number of rotatable bonds is 7. The minimum absolute atomic E-state index is 0.525. The van der Waals surface area contributed by atoms with Crippen LogP contribution in [0.4, 0.5) is 22.0 Å². The molecule has 0 amide bonds. The van der Waals surface area contributed by atoms with E-state index in [-0.39, 0.29) is 0 Å². The van der Waals surface area contributed by atoms with Crippen LogP contribution in [-0.2, 0) is 28.1 Å². The van der Waals surface area contributed by atoms with Crippen molar-refractivity contribution in [3.8, 4) is 5.75 Å². The summed E-state index contributed by atoms with van der Waals surface area (Å²) in [6, 6.07) is 12.7. The summed E-state index contributed by atoms with van der Waals surface area (Å²) in [5, 5.41) is -4.65. The number of alkyl halides is 5. The van der Waals surface area contributed by atoms with Gasteiger partial charge in [-0.1, -0.05) is 18.2 Å². The standard InChI is InChI=1S/C20H18F5NO4S2/c1-3-31(17-12-26(2)16-10-5-4-9-15(16)17)14-8-6-7-13(11-14)30-18(19(21,22)23)20(24,25)32(27,28)29/h4-12,18H,3H2,1-2H3/p+1. The maximum absolute atomic E-state index is 13.9. The highest BCUT2D eigenvalue weighted by atomic mass is 32.2. The zero-order chi connectivity index (χ0) is 23.9. The first-order valence-electron chi connectivity index (χ1n) is 9.20. The fourth-order valence-corrected chi connectivity index (χ4v) is 5.82. The third-order valence-corrected chi connectivity index (χ3v) is 7.86. The van der Waals surface area contributed by atoms with Gasteiger partial charge in [-0.2, -0.15) is 30.4 Å². The second kappa shape index (κ2) is 8.56. The average molecular weight is 496 g/mol. The van der Waals surface area contributed by atoms with Gasteiger partial charge < -0.3 is 9.30 Å². The van der Waals surface area contributed by atoms with E-state index >= 15 is 0 Å². The number of benzene rings is 2. The number of aromatic nitrogens is 1. The van der Waals surface area contributed by atoms with Gasteiger partial charge in [0.05, 0.1) is 28.0 Å². The van der Waals surface area contributed by atoms with Crippen LogP contribution >= 0.6 is 0 Å². The van der Waals surface area contributed by atoms with E-state index in [1.807, 2.05) is 49.0 Å². The molecule has 2 aromatic carbocycles. The van der Waals surface area contributed by atoms with Crippen molar-refractivity contribution in [3.05, 3.63) is 54.7 Å². The van der Waals surface area contributed by atoms with E-state index in [0.29, 0.717) is 10.6 Å². The molecule has 5 nitrogen and oxygen atoms in total. The van der Waals surface area contributed by atoms with Gasteiger partial charge in [0.15, 0.2) is 9.79 Å². The molecular weight excluding hydrogens is 477 g/mol. The molecule has 0 aliphatic carbocycles. The van der Waals surface area contributed by atoms with Gasteiger partial charge in [0.25, 0.3) is 6.10 Å². The fraction of sp³-hybridized carbons (Fsp3) is 0.300. The molecule has 2 unspecified atom stereocenters. The quantitative estimate of drug-likeness (QED) is 0.283. The molecule has 0 aliphatic heterocycles. The number of halogens is 5. The second-order valence-corrected chi connectivity index (χ2v) is 10.6. The predicted molar refractivity (Wildman–Crippen MR) is 111 cm³/mol. The van der Waals surface area contributed by atoms with Crippen LogP contribution in [0.1, 0.15) is 6.92 Å². The number of para-hydroxylation sites is 1. The van der Waals surface area contributed by atoms with Crippen LogP contribution in [0.5, 0.6) is 5.75 Å². The fourth-order valence-electron chi connectivity index (χ4n) is 3.25. The van der Waals surface area contributed by atoms with Crippen molar-refractivity contribution in [1.82, 2.24) is 4.57 Å². The van der Waals surface area contributed by atoms with Crippen molar-refractivity contribution in [3.63, 3.8) is 0 Å². The zero-order valence-electron chi connectivity index (χ0n) is 16.8. The van der Waals surface area contributed by atoms with E-state index in [1.54, 1.807) is 6.07 Å². The van der Waals surface area contributed by atoms with Gasteiger partial charge in [-0.05, 0) is 31.2 Å². The Hall–Kier alpha value is -2.31. The van der Waals surface area contributed by atoms with Gasteiger partial charge in [-0.15, -0.1) is 0 Å². The highest BCUT2D eigenvalue weighted by Crippen LogP contribution is 2.39. The molecule has 1 N–H and O–H groups in total. The van der Waals surface area contributed by atoms with Gasteiger partial charge in [-0.25, -0.2) is 0 Å². The van der Waals surface area contributed by atoms with E-state index < -0.39 is 44.3 Å². The molecule has 32 heavy (non-hydrogen) atoms. The zero-order valence-corrected chi connectivity index (χ0v) is 18.4. The molecule has 0 bridgehead atoms. The molecule has 1 heterocycles. The maximum Gasteiger partial charge on any atom is 0.432 e. The minimum Gasteiger partial charge on any atom is -0.473 e. The molecule has 0 spiro atoms. The Morgan fingerprint density at radius 3 is 2.34 bits per heavy atom. The lowest BCUT2D eigenvalue weighted by Crippen LogP contribution is -2.53. The Labute approximate surface area is 183 Å². The first kappa shape index (κ1) is 24.3. The summed E-state index contributed by atoms with van der Waals surface area (Å²) in [7, 11) is -5.16. The normalized spacial score (nSPS) is 15.0.